The Labute approximate surface area is 127 Å². The van der Waals surface area contributed by atoms with Crippen molar-refractivity contribution in [1.82, 2.24) is 0 Å². The SMILES string of the molecule is O=C(Cc1ccc(Cl)cc1F)C1COc2ccccc2C1. The Kier molecular flexibility index (Phi) is 3.93. The fraction of sp³-hybridized carbons (Fsp3) is 0.235. The number of rotatable bonds is 3. The number of hydrogen-bond donors (Lipinski definition) is 0. The molecule has 0 aliphatic carbocycles. The third-order valence-electron chi connectivity index (χ3n) is 3.71. The van der Waals surface area contributed by atoms with E-state index in [9.17, 15) is 9.18 Å². The molecule has 1 unspecified atom stereocenters. The highest BCUT2D eigenvalue weighted by Crippen LogP contribution is 2.28. The molecule has 1 aliphatic heterocycles. The van der Waals surface area contributed by atoms with Crippen molar-refractivity contribution in [2.75, 3.05) is 6.61 Å². The van der Waals surface area contributed by atoms with Gasteiger partial charge in [0.25, 0.3) is 0 Å². The van der Waals surface area contributed by atoms with E-state index in [2.05, 4.69) is 0 Å². The van der Waals surface area contributed by atoms with Crippen LogP contribution in [0.4, 0.5) is 4.39 Å². The summed E-state index contributed by atoms with van der Waals surface area (Å²) >= 11 is 5.71. The molecule has 2 aromatic carbocycles. The summed E-state index contributed by atoms with van der Waals surface area (Å²) in [7, 11) is 0. The first-order valence-electron chi connectivity index (χ1n) is 6.81. The number of carbonyl (C=O) groups is 1. The van der Waals surface area contributed by atoms with Gasteiger partial charge in [0.2, 0.25) is 0 Å². The summed E-state index contributed by atoms with van der Waals surface area (Å²) in [5, 5.41) is 0.332. The van der Waals surface area contributed by atoms with Crippen molar-refractivity contribution in [3.8, 4) is 5.75 Å². The van der Waals surface area contributed by atoms with Crippen LogP contribution in [-0.4, -0.2) is 12.4 Å². The summed E-state index contributed by atoms with van der Waals surface area (Å²) in [6.07, 6.45) is 0.712. The lowest BCUT2D eigenvalue weighted by Gasteiger charge is -2.24. The fourth-order valence-electron chi connectivity index (χ4n) is 2.53. The van der Waals surface area contributed by atoms with Crippen LogP contribution < -0.4 is 4.74 Å². The molecule has 2 aromatic rings. The van der Waals surface area contributed by atoms with E-state index in [-0.39, 0.29) is 18.1 Å². The van der Waals surface area contributed by atoms with Gasteiger partial charge in [0.05, 0.1) is 12.5 Å². The molecule has 1 atom stereocenters. The minimum absolute atomic E-state index is 0.00859. The molecule has 4 heteroatoms. The van der Waals surface area contributed by atoms with Gasteiger partial charge in [0.15, 0.2) is 0 Å². The molecule has 0 aromatic heterocycles. The lowest BCUT2D eigenvalue weighted by Crippen LogP contribution is -2.29. The quantitative estimate of drug-likeness (QED) is 0.861. The Morgan fingerprint density at radius 2 is 2.10 bits per heavy atom. The average Bonchev–Trinajstić information content (AvgIpc) is 2.49. The molecular weight excluding hydrogens is 291 g/mol. The summed E-state index contributed by atoms with van der Waals surface area (Å²) < 4.78 is 19.4. The zero-order valence-electron chi connectivity index (χ0n) is 11.3. The van der Waals surface area contributed by atoms with Crippen LogP contribution in [0.3, 0.4) is 0 Å². The normalized spacial score (nSPS) is 17.0. The number of ketones is 1. The van der Waals surface area contributed by atoms with Crippen LogP contribution in [0, 0.1) is 11.7 Å². The molecule has 2 nitrogen and oxygen atoms in total. The number of ether oxygens (including phenoxy) is 1. The monoisotopic (exact) mass is 304 g/mol. The minimum Gasteiger partial charge on any atom is -0.493 e. The summed E-state index contributed by atoms with van der Waals surface area (Å²) in [5.41, 5.74) is 1.40. The summed E-state index contributed by atoms with van der Waals surface area (Å²) in [4.78, 5) is 12.3. The fourth-order valence-corrected chi connectivity index (χ4v) is 2.69. The number of carbonyl (C=O) groups excluding carboxylic acids is 1. The van der Waals surface area contributed by atoms with E-state index in [0.29, 0.717) is 23.6 Å². The molecule has 3 rings (SSSR count). The highest BCUT2D eigenvalue weighted by atomic mass is 35.5. The van der Waals surface area contributed by atoms with E-state index < -0.39 is 5.82 Å². The maximum Gasteiger partial charge on any atom is 0.144 e. The first-order chi connectivity index (χ1) is 10.1. The molecule has 0 radical (unpaired) electrons. The Morgan fingerprint density at radius 3 is 2.90 bits per heavy atom. The molecule has 1 heterocycles. The highest BCUT2D eigenvalue weighted by Gasteiger charge is 2.26. The predicted molar refractivity (Wildman–Crippen MR) is 79.3 cm³/mol. The largest absolute Gasteiger partial charge is 0.493 e. The topological polar surface area (TPSA) is 26.3 Å². The second-order valence-corrected chi connectivity index (χ2v) is 5.64. The summed E-state index contributed by atoms with van der Waals surface area (Å²) in [6, 6.07) is 12.1. The molecule has 0 saturated heterocycles. The highest BCUT2D eigenvalue weighted by molar-refractivity contribution is 6.30. The predicted octanol–water partition coefficient (Wildman–Crippen LogP) is 3.84. The average molecular weight is 305 g/mol. The van der Waals surface area contributed by atoms with Gasteiger partial charge in [0.1, 0.15) is 17.3 Å². The maximum absolute atomic E-state index is 13.7. The Bertz CT molecular complexity index is 684. The number of fused-ring (bicyclic) bond motifs is 1. The van der Waals surface area contributed by atoms with Crippen LogP contribution in [0.15, 0.2) is 42.5 Å². The summed E-state index contributed by atoms with van der Waals surface area (Å²) in [6.45, 7) is 0.352. The number of hydrogen-bond acceptors (Lipinski definition) is 2. The lowest BCUT2D eigenvalue weighted by atomic mass is 9.90. The Morgan fingerprint density at radius 1 is 1.29 bits per heavy atom. The molecule has 108 valence electrons. The van der Waals surface area contributed by atoms with E-state index in [0.717, 1.165) is 11.3 Å². The van der Waals surface area contributed by atoms with Crippen molar-refractivity contribution in [2.45, 2.75) is 12.8 Å². The number of para-hydroxylation sites is 1. The van der Waals surface area contributed by atoms with E-state index >= 15 is 0 Å². The minimum atomic E-state index is -0.437. The van der Waals surface area contributed by atoms with Crippen molar-refractivity contribution in [3.63, 3.8) is 0 Å². The molecule has 0 spiro atoms. The van der Waals surface area contributed by atoms with Gasteiger partial charge in [-0.05, 0) is 35.7 Å². The van der Waals surface area contributed by atoms with Crippen molar-refractivity contribution >= 4 is 17.4 Å². The van der Waals surface area contributed by atoms with E-state index in [1.54, 1.807) is 12.1 Å². The summed E-state index contributed by atoms with van der Waals surface area (Å²) in [5.74, 6) is 0.160. The number of halogens is 2. The smallest absolute Gasteiger partial charge is 0.144 e. The van der Waals surface area contributed by atoms with Gasteiger partial charge in [0, 0.05) is 11.4 Å². The van der Waals surface area contributed by atoms with Crippen LogP contribution in [0.1, 0.15) is 11.1 Å². The van der Waals surface area contributed by atoms with Crippen LogP contribution in [0.5, 0.6) is 5.75 Å². The van der Waals surface area contributed by atoms with Gasteiger partial charge in [-0.3, -0.25) is 4.79 Å². The van der Waals surface area contributed by atoms with E-state index in [1.807, 2.05) is 24.3 Å². The molecule has 0 amide bonds. The van der Waals surface area contributed by atoms with Crippen molar-refractivity contribution in [2.24, 2.45) is 5.92 Å². The van der Waals surface area contributed by atoms with E-state index in [4.69, 9.17) is 16.3 Å². The number of Topliss-reactive ketones (excluding diaryl/α,β-unsaturated/α-hetero) is 1. The molecule has 0 fully saturated rings. The van der Waals surface area contributed by atoms with Gasteiger partial charge in [-0.15, -0.1) is 0 Å². The first-order valence-corrected chi connectivity index (χ1v) is 7.18. The van der Waals surface area contributed by atoms with Crippen LogP contribution in [-0.2, 0) is 17.6 Å². The molecule has 0 bridgehead atoms. The van der Waals surface area contributed by atoms with Crippen LogP contribution >= 0.6 is 11.6 Å². The third kappa shape index (κ3) is 3.08. The third-order valence-corrected chi connectivity index (χ3v) is 3.95. The van der Waals surface area contributed by atoms with Crippen LogP contribution in [0.25, 0.3) is 0 Å². The molecule has 21 heavy (non-hydrogen) atoms. The van der Waals surface area contributed by atoms with Crippen molar-refractivity contribution < 1.29 is 13.9 Å². The zero-order valence-corrected chi connectivity index (χ0v) is 12.1. The van der Waals surface area contributed by atoms with Crippen molar-refractivity contribution in [1.29, 1.82) is 0 Å². The maximum atomic E-state index is 13.7. The van der Waals surface area contributed by atoms with Gasteiger partial charge in [-0.25, -0.2) is 4.39 Å². The van der Waals surface area contributed by atoms with Crippen molar-refractivity contribution in [3.05, 3.63) is 64.4 Å². The standard InChI is InChI=1S/C17H14ClFO2/c18-14-6-5-11(15(19)9-14)8-16(20)13-7-12-3-1-2-4-17(12)21-10-13/h1-6,9,13H,7-8,10H2. The van der Waals surface area contributed by atoms with Crippen LogP contribution in [0.2, 0.25) is 5.02 Å². The second kappa shape index (κ2) is 5.86. The van der Waals surface area contributed by atoms with Gasteiger partial charge in [-0.2, -0.15) is 0 Å². The molecule has 1 aliphatic rings. The first kappa shape index (κ1) is 14.1. The number of benzene rings is 2. The Hall–Kier alpha value is -1.87. The molecule has 0 saturated carbocycles. The Balaban J connectivity index is 1.72. The lowest BCUT2D eigenvalue weighted by molar-refractivity contribution is -0.123. The molecular formula is C17H14ClFO2. The van der Waals surface area contributed by atoms with Gasteiger partial charge < -0.3 is 4.74 Å². The molecule has 0 N–H and O–H groups in total. The zero-order chi connectivity index (χ0) is 14.8. The second-order valence-electron chi connectivity index (χ2n) is 5.20. The van der Waals surface area contributed by atoms with Gasteiger partial charge in [-0.1, -0.05) is 35.9 Å². The van der Waals surface area contributed by atoms with Gasteiger partial charge >= 0.3 is 0 Å². The van der Waals surface area contributed by atoms with E-state index in [1.165, 1.54) is 6.07 Å².